The smallest absolute Gasteiger partial charge is 0.286 e. The molecule has 0 aliphatic carbocycles. The molecule has 1 aliphatic rings. The third-order valence-corrected chi connectivity index (χ3v) is 4.55. The normalized spacial score (nSPS) is 12.5. The zero-order valence-corrected chi connectivity index (χ0v) is 15.9. The number of carbonyl (C=O) groups is 1. The van der Waals surface area contributed by atoms with Crippen LogP contribution < -0.4 is 20.5 Å². The number of hydrogen-bond acceptors (Lipinski definition) is 7. The summed E-state index contributed by atoms with van der Waals surface area (Å²) in [5.74, 6) is 0.627. The average Bonchev–Trinajstić information content (AvgIpc) is 3.19. The number of pyridine rings is 1. The fourth-order valence-corrected chi connectivity index (χ4v) is 3.14. The lowest BCUT2D eigenvalue weighted by atomic mass is 10.3. The largest absolute Gasteiger partial charge is 0.494 e. The zero-order valence-electron chi connectivity index (χ0n) is 15.9. The van der Waals surface area contributed by atoms with E-state index in [0.29, 0.717) is 31.3 Å². The molecule has 3 aromatic rings. The molecule has 29 heavy (non-hydrogen) atoms. The van der Waals surface area contributed by atoms with Crippen LogP contribution in [0.25, 0.3) is 0 Å². The lowest BCUT2D eigenvalue weighted by Crippen LogP contribution is -2.34. The molecule has 0 radical (unpaired) electrons. The molecule has 1 aromatic carbocycles. The van der Waals surface area contributed by atoms with Crippen LogP contribution in [0.2, 0.25) is 0 Å². The van der Waals surface area contributed by atoms with E-state index >= 15 is 0 Å². The van der Waals surface area contributed by atoms with Crippen LogP contribution in [0.5, 0.6) is 5.75 Å². The van der Waals surface area contributed by atoms with Gasteiger partial charge in [0, 0.05) is 25.0 Å². The van der Waals surface area contributed by atoms with Gasteiger partial charge in [0.2, 0.25) is 11.6 Å². The quantitative estimate of drug-likeness (QED) is 0.678. The molecule has 4 rings (SSSR count). The van der Waals surface area contributed by atoms with Crippen molar-refractivity contribution in [2.24, 2.45) is 0 Å². The van der Waals surface area contributed by atoms with Crippen LogP contribution in [0, 0.1) is 0 Å². The predicted molar refractivity (Wildman–Crippen MR) is 106 cm³/mol. The molecule has 0 saturated carbocycles. The first-order valence-corrected chi connectivity index (χ1v) is 9.33. The molecule has 0 bridgehead atoms. The van der Waals surface area contributed by atoms with E-state index in [-0.39, 0.29) is 12.2 Å². The molecule has 1 N–H and O–H groups in total. The Morgan fingerprint density at radius 3 is 2.69 bits per heavy atom. The lowest BCUT2D eigenvalue weighted by Gasteiger charge is -2.17. The molecule has 0 spiro atoms. The van der Waals surface area contributed by atoms with E-state index in [1.165, 1.54) is 4.57 Å². The second kappa shape index (κ2) is 8.09. The van der Waals surface area contributed by atoms with E-state index < -0.39 is 11.5 Å². The molecular formula is C20H20N6O3. The Labute approximate surface area is 167 Å². The molecule has 1 aliphatic heterocycles. The minimum Gasteiger partial charge on any atom is -0.494 e. The number of nitrogens with zero attached hydrogens (tertiary/aromatic N) is 5. The number of carbonyl (C=O) groups excluding carboxylic acids is 1. The lowest BCUT2D eigenvalue weighted by molar-refractivity contribution is 0.0942. The van der Waals surface area contributed by atoms with Crippen molar-refractivity contribution < 1.29 is 9.53 Å². The molecule has 1 amide bonds. The van der Waals surface area contributed by atoms with Gasteiger partial charge in [-0.15, -0.1) is 10.2 Å². The molecule has 3 heterocycles. The second-order valence-electron chi connectivity index (χ2n) is 6.39. The first-order valence-electron chi connectivity index (χ1n) is 9.33. The minimum atomic E-state index is -0.567. The van der Waals surface area contributed by atoms with Gasteiger partial charge >= 0.3 is 0 Å². The highest BCUT2D eigenvalue weighted by Gasteiger charge is 2.27. The van der Waals surface area contributed by atoms with Crippen molar-refractivity contribution >= 4 is 17.5 Å². The first kappa shape index (κ1) is 18.6. The van der Waals surface area contributed by atoms with Gasteiger partial charge in [0.25, 0.3) is 11.5 Å². The predicted octanol–water partition coefficient (Wildman–Crippen LogP) is 1.51. The SMILES string of the molecule is CCOc1ccc(N2CCn3c2nnc(C(=O)NCc2ccccn2)c3=O)cc1. The van der Waals surface area contributed by atoms with E-state index in [1.54, 1.807) is 18.3 Å². The number of hydrogen-bond donors (Lipinski definition) is 1. The van der Waals surface area contributed by atoms with Crippen LogP contribution in [-0.2, 0) is 13.1 Å². The highest BCUT2D eigenvalue weighted by molar-refractivity contribution is 5.91. The Morgan fingerprint density at radius 1 is 1.14 bits per heavy atom. The summed E-state index contributed by atoms with van der Waals surface area (Å²) in [7, 11) is 0. The Kier molecular flexibility index (Phi) is 5.19. The van der Waals surface area contributed by atoms with Crippen molar-refractivity contribution in [2.45, 2.75) is 20.0 Å². The average molecular weight is 392 g/mol. The third kappa shape index (κ3) is 3.79. The van der Waals surface area contributed by atoms with Gasteiger partial charge < -0.3 is 15.0 Å². The van der Waals surface area contributed by atoms with Crippen LogP contribution >= 0.6 is 0 Å². The van der Waals surface area contributed by atoms with Crippen molar-refractivity contribution in [2.75, 3.05) is 18.1 Å². The Bertz CT molecular complexity index is 1070. The number of aromatic nitrogens is 4. The van der Waals surface area contributed by atoms with Crippen LogP contribution in [-0.4, -0.2) is 38.8 Å². The van der Waals surface area contributed by atoms with Gasteiger partial charge in [-0.3, -0.25) is 19.1 Å². The molecule has 0 fully saturated rings. The molecule has 0 saturated heterocycles. The van der Waals surface area contributed by atoms with Gasteiger partial charge in [0.15, 0.2) is 0 Å². The summed E-state index contributed by atoms with van der Waals surface area (Å²) in [6.07, 6.45) is 1.64. The summed E-state index contributed by atoms with van der Waals surface area (Å²) in [4.78, 5) is 31.2. The molecule has 148 valence electrons. The number of benzene rings is 1. The number of fused-ring (bicyclic) bond motifs is 1. The molecule has 2 aromatic heterocycles. The van der Waals surface area contributed by atoms with Crippen LogP contribution in [0.3, 0.4) is 0 Å². The van der Waals surface area contributed by atoms with Gasteiger partial charge in [-0.1, -0.05) is 6.07 Å². The van der Waals surface area contributed by atoms with Crippen molar-refractivity contribution in [3.63, 3.8) is 0 Å². The Hall–Kier alpha value is -3.75. The number of anilines is 2. The van der Waals surface area contributed by atoms with Crippen molar-refractivity contribution in [1.29, 1.82) is 0 Å². The summed E-state index contributed by atoms with van der Waals surface area (Å²) in [6.45, 7) is 3.73. The van der Waals surface area contributed by atoms with Gasteiger partial charge in [-0.05, 0) is 43.3 Å². The molecule has 0 unspecified atom stereocenters. The highest BCUT2D eigenvalue weighted by atomic mass is 16.5. The topological polar surface area (TPSA) is 102 Å². The Balaban J connectivity index is 1.53. The minimum absolute atomic E-state index is 0.209. The summed E-state index contributed by atoms with van der Waals surface area (Å²) >= 11 is 0. The summed E-state index contributed by atoms with van der Waals surface area (Å²) < 4.78 is 6.93. The van der Waals surface area contributed by atoms with Crippen LogP contribution in [0.15, 0.2) is 53.5 Å². The number of ether oxygens (including phenoxy) is 1. The number of nitrogens with one attached hydrogen (secondary N) is 1. The molecular weight excluding hydrogens is 372 g/mol. The van der Waals surface area contributed by atoms with Crippen LogP contribution in [0.1, 0.15) is 23.1 Å². The van der Waals surface area contributed by atoms with E-state index in [1.807, 2.05) is 42.2 Å². The fourth-order valence-electron chi connectivity index (χ4n) is 3.14. The molecule has 0 atom stereocenters. The van der Waals surface area contributed by atoms with E-state index in [4.69, 9.17) is 4.74 Å². The first-order chi connectivity index (χ1) is 14.2. The molecule has 9 nitrogen and oxygen atoms in total. The third-order valence-electron chi connectivity index (χ3n) is 4.55. The van der Waals surface area contributed by atoms with Crippen molar-refractivity contribution in [3.05, 3.63) is 70.4 Å². The summed E-state index contributed by atoms with van der Waals surface area (Å²) in [6, 6.07) is 12.9. The van der Waals surface area contributed by atoms with Gasteiger partial charge in [-0.2, -0.15) is 0 Å². The van der Waals surface area contributed by atoms with Crippen LogP contribution in [0.4, 0.5) is 11.6 Å². The number of rotatable bonds is 6. The van der Waals surface area contributed by atoms with E-state index in [9.17, 15) is 9.59 Å². The van der Waals surface area contributed by atoms with E-state index in [2.05, 4.69) is 20.5 Å². The summed E-state index contributed by atoms with van der Waals surface area (Å²) in [5, 5.41) is 10.7. The maximum Gasteiger partial charge on any atom is 0.286 e. The van der Waals surface area contributed by atoms with Gasteiger partial charge in [-0.25, -0.2) is 0 Å². The standard InChI is InChI=1S/C20H20N6O3/c1-2-29-16-8-6-15(7-9-16)25-11-12-26-19(28)17(23-24-20(25)26)18(27)22-13-14-5-3-4-10-21-14/h3-10H,2,11-13H2,1H3,(H,22,27). The number of amides is 1. The molecule has 9 heteroatoms. The fraction of sp³-hybridized carbons (Fsp3) is 0.250. The maximum atomic E-state index is 12.8. The zero-order chi connectivity index (χ0) is 20.2. The maximum absolute atomic E-state index is 12.8. The van der Waals surface area contributed by atoms with Crippen molar-refractivity contribution in [3.8, 4) is 5.75 Å². The highest BCUT2D eigenvalue weighted by Crippen LogP contribution is 2.28. The summed E-state index contributed by atoms with van der Waals surface area (Å²) in [5.41, 5.74) is 0.887. The Morgan fingerprint density at radius 2 is 1.97 bits per heavy atom. The second-order valence-corrected chi connectivity index (χ2v) is 6.39. The van der Waals surface area contributed by atoms with Gasteiger partial charge in [0.05, 0.1) is 18.8 Å². The van der Waals surface area contributed by atoms with E-state index in [0.717, 1.165) is 11.4 Å². The van der Waals surface area contributed by atoms with Crippen molar-refractivity contribution in [1.82, 2.24) is 25.1 Å². The monoisotopic (exact) mass is 392 g/mol. The van der Waals surface area contributed by atoms with Gasteiger partial charge in [0.1, 0.15) is 5.75 Å².